The van der Waals surface area contributed by atoms with Crippen molar-refractivity contribution in [2.75, 3.05) is 12.4 Å². The van der Waals surface area contributed by atoms with E-state index in [1.807, 2.05) is 13.2 Å². The molecule has 7 heavy (non-hydrogen) atoms. The van der Waals surface area contributed by atoms with E-state index in [4.69, 9.17) is 0 Å². The van der Waals surface area contributed by atoms with Crippen LogP contribution in [0.15, 0.2) is 0 Å². The Hall–Kier alpha value is 0.930. The molecule has 4 heteroatoms. The predicted octanol–water partition coefficient (Wildman–Crippen LogP) is 2.49. The lowest BCUT2D eigenvalue weighted by Crippen LogP contribution is -1.65. The van der Waals surface area contributed by atoms with Crippen LogP contribution in [0.4, 0.5) is 0 Å². The molecule has 44 valence electrons. The van der Waals surface area contributed by atoms with Gasteiger partial charge in [0.15, 0.2) is 5.55 Å². The van der Waals surface area contributed by atoms with E-state index in [0.717, 1.165) is 0 Å². The molecule has 0 heterocycles. The van der Waals surface area contributed by atoms with Gasteiger partial charge in [-0.25, -0.2) is 0 Å². The molecule has 1 nitrogen and oxygen atoms in total. The van der Waals surface area contributed by atoms with Gasteiger partial charge in [-0.1, -0.05) is 18.3 Å². The van der Waals surface area contributed by atoms with E-state index < -0.39 is 5.55 Å². The average Bonchev–Trinajstić information content (AvgIpc) is 1.68. The first-order valence-electron chi connectivity index (χ1n) is 2.00. The second-order valence-electron chi connectivity index (χ2n) is 1.14. The first-order valence-corrected chi connectivity index (χ1v) is 6.87. The smallest absolute Gasteiger partial charge is 0.187 e. The lowest BCUT2D eigenvalue weighted by atomic mass is 11.0. The summed E-state index contributed by atoms with van der Waals surface area (Å²) in [6.45, 7) is 1.88. The third-order valence-corrected chi connectivity index (χ3v) is 6.86. The Kier molecular flexibility index (Phi) is 3.46. The second-order valence-corrected chi connectivity index (χ2v) is 9.02. The Morgan fingerprint density at radius 1 is 1.86 bits per heavy atom. The minimum Gasteiger partial charge on any atom is -0.301 e. The molecule has 0 saturated carbocycles. The van der Waals surface area contributed by atoms with Crippen LogP contribution in [0, 0.1) is 0 Å². The lowest BCUT2D eigenvalue weighted by Gasteiger charge is -2.00. The first kappa shape index (κ1) is 7.93. The summed E-state index contributed by atoms with van der Waals surface area (Å²) in [7, 11) is 0. The molecule has 0 rings (SSSR count). The van der Waals surface area contributed by atoms with Crippen LogP contribution in [-0.2, 0) is 4.57 Å². The molecule has 1 atom stereocenters. The molecule has 0 aromatic rings. The highest BCUT2D eigenvalue weighted by Gasteiger charge is 2.08. The van der Waals surface area contributed by atoms with Crippen LogP contribution in [-0.4, -0.2) is 12.4 Å². The van der Waals surface area contributed by atoms with Crippen LogP contribution in [0.2, 0.25) is 0 Å². The summed E-state index contributed by atoms with van der Waals surface area (Å²) in [5.41, 5.74) is -2.04. The van der Waals surface area contributed by atoms with Gasteiger partial charge in [0.1, 0.15) is 0 Å². The quantitative estimate of drug-likeness (QED) is 0.488. The van der Waals surface area contributed by atoms with Gasteiger partial charge < -0.3 is 4.57 Å². The molecule has 0 fully saturated rings. The van der Waals surface area contributed by atoms with E-state index in [0.29, 0.717) is 6.16 Å². The van der Waals surface area contributed by atoms with Gasteiger partial charge in [-0.2, -0.15) is 0 Å². The molecule has 0 spiro atoms. The number of thiol groups is 1. The van der Waals surface area contributed by atoms with Crippen LogP contribution < -0.4 is 0 Å². The largest absolute Gasteiger partial charge is 0.301 e. The Bertz CT molecular complexity index is 84.9. The van der Waals surface area contributed by atoms with Crippen molar-refractivity contribution < 1.29 is 4.57 Å². The van der Waals surface area contributed by atoms with Gasteiger partial charge in [0.2, 0.25) is 0 Å². The predicted molar refractivity (Wildman–Crippen MR) is 40.6 cm³/mol. The fourth-order valence-corrected chi connectivity index (χ4v) is 1.16. The summed E-state index contributed by atoms with van der Waals surface area (Å²) < 4.78 is 10.8. The van der Waals surface area contributed by atoms with Crippen molar-refractivity contribution in [3.63, 3.8) is 0 Å². The van der Waals surface area contributed by atoms with Crippen molar-refractivity contribution in [1.29, 1.82) is 0 Å². The van der Waals surface area contributed by atoms with Gasteiger partial charge in [0, 0.05) is 6.16 Å². The highest BCUT2D eigenvalue weighted by Crippen LogP contribution is 2.60. The van der Waals surface area contributed by atoms with E-state index >= 15 is 0 Å². The molecule has 0 bridgehead atoms. The Labute approximate surface area is 53.5 Å². The summed E-state index contributed by atoms with van der Waals surface area (Å²) >= 11 is 5.25. The third kappa shape index (κ3) is 3.51. The van der Waals surface area contributed by atoms with Crippen molar-refractivity contribution in [2.45, 2.75) is 6.92 Å². The van der Waals surface area contributed by atoms with E-state index in [2.05, 4.69) is 12.2 Å². The van der Waals surface area contributed by atoms with Gasteiger partial charge in [0.25, 0.3) is 0 Å². The van der Waals surface area contributed by atoms with Gasteiger partial charge >= 0.3 is 0 Å². The van der Waals surface area contributed by atoms with E-state index in [9.17, 15) is 4.57 Å². The van der Waals surface area contributed by atoms with Gasteiger partial charge in [0.05, 0.1) is 0 Å². The molecule has 0 radical (unpaired) electrons. The van der Waals surface area contributed by atoms with Crippen LogP contribution in [0.5, 0.6) is 0 Å². The summed E-state index contributed by atoms with van der Waals surface area (Å²) in [6.07, 6.45) is 2.49. The molecule has 0 saturated heterocycles. The maximum atomic E-state index is 10.8. The number of hydrogen-bond acceptors (Lipinski definition) is 2. The van der Waals surface area contributed by atoms with Crippen molar-refractivity contribution in [1.82, 2.24) is 0 Å². The SMILES string of the molecule is CCP(=O)(S)SC. The summed E-state index contributed by atoms with van der Waals surface area (Å²) in [5.74, 6) is 0. The van der Waals surface area contributed by atoms with Gasteiger partial charge in [-0.05, 0) is 6.26 Å². The van der Waals surface area contributed by atoms with E-state index in [-0.39, 0.29) is 0 Å². The summed E-state index contributed by atoms with van der Waals surface area (Å²) in [6, 6.07) is 0. The molecule has 0 aliphatic rings. The lowest BCUT2D eigenvalue weighted by molar-refractivity contribution is 0.594. The minimum atomic E-state index is -2.04. The van der Waals surface area contributed by atoms with Crippen LogP contribution in [0.1, 0.15) is 6.92 Å². The number of rotatable bonds is 2. The van der Waals surface area contributed by atoms with Crippen molar-refractivity contribution >= 4 is 29.2 Å². The molecular formula is C3H9OPS2. The normalized spacial score (nSPS) is 18.7. The third-order valence-electron chi connectivity index (χ3n) is 0.685. The zero-order chi connectivity index (χ0) is 5.91. The maximum absolute atomic E-state index is 10.8. The van der Waals surface area contributed by atoms with Crippen LogP contribution in [0.25, 0.3) is 0 Å². The fraction of sp³-hybridized carbons (Fsp3) is 1.00. The van der Waals surface area contributed by atoms with Crippen LogP contribution >= 0.6 is 29.2 Å². The molecule has 0 aromatic carbocycles. The zero-order valence-corrected chi connectivity index (χ0v) is 7.02. The summed E-state index contributed by atoms with van der Waals surface area (Å²) in [5, 5.41) is 0. The molecular weight excluding hydrogens is 147 g/mol. The van der Waals surface area contributed by atoms with E-state index in [1.165, 1.54) is 11.4 Å². The molecule has 0 aromatic heterocycles. The Morgan fingerprint density at radius 2 is 2.29 bits per heavy atom. The van der Waals surface area contributed by atoms with Gasteiger partial charge in [-0.3, -0.25) is 0 Å². The topological polar surface area (TPSA) is 17.1 Å². The monoisotopic (exact) mass is 156 g/mol. The Balaban J connectivity index is 3.61. The standard InChI is InChI=1S/C3H9OPS2/c1-3-5(4,6)7-2/h3H2,1-2H3,(H,4,6). The Morgan fingerprint density at radius 3 is 2.29 bits per heavy atom. The molecule has 1 unspecified atom stereocenters. The summed E-state index contributed by atoms with van der Waals surface area (Å²) in [4.78, 5) is 0. The average molecular weight is 156 g/mol. The maximum Gasteiger partial charge on any atom is 0.187 e. The molecule has 0 N–H and O–H groups in total. The van der Waals surface area contributed by atoms with Crippen LogP contribution in [0.3, 0.4) is 0 Å². The highest BCUT2D eigenvalue weighted by atomic mass is 33.1. The van der Waals surface area contributed by atoms with Crippen molar-refractivity contribution in [2.24, 2.45) is 0 Å². The molecule has 0 amide bonds. The van der Waals surface area contributed by atoms with E-state index in [1.54, 1.807) is 0 Å². The highest BCUT2D eigenvalue weighted by molar-refractivity contribution is 8.85. The molecule has 0 aliphatic carbocycles. The minimum absolute atomic E-state index is 0.678. The van der Waals surface area contributed by atoms with Crippen molar-refractivity contribution in [3.05, 3.63) is 0 Å². The van der Waals surface area contributed by atoms with Gasteiger partial charge in [-0.15, -0.1) is 12.2 Å². The zero-order valence-electron chi connectivity index (χ0n) is 4.42. The first-order chi connectivity index (χ1) is 3.12. The molecule has 0 aliphatic heterocycles. The second kappa shape index (κ2) is 3.06. The number of hydrogen-bond donors (Lipinski definition) is 1. The fourth-order valence-electron chi connectivity index (χ4n) is 0.129. The van der Waals surface area contributed by atoms with Crippen molar-refractivity contribution in [3.8, 4) is 0 Å².